The molecule has 1 aliphatic heterocycles. The van der Waals surface area contributed by atoms with E-state index in [1.165, 1.54) is 0 Å². The van der Waals surface area contributed by atoms with Crippen molar-refractivity contribution in [1.82, 2.24) is 19.6 Å². The van der Waals surface area contributed by atoms with Crippen LogP contribution in [0, 0.1) is 0 Å². The van der Waals surface area contributed by atoms with Gasteiger partial charge in [-0.3, -0.25) is 34.0 Å². The third kappa shape index (κ3) is 12.5. The van der Waals surface area contributed by atoms with E-state index in [1.54, 1.807) is 4.90 Å². The Bertz CT molecular complexity index is 837. The van der Waals surface area contributed by atoms with Crippen molar-refractivity contribution < 1.29 is 29.7 Å². The lowest BCUT2D eigenvalue weighted by Gasteiger charge is -2.33. The third-order valence-corrected chi connectivity index (χ3v) is 6.88. The highest BCUT2D eigenvalue weighted by molar-refractivity contribution is 7.68. The minimum absolute atomic E-state index is 0.118. The van der Waals surface area contributed by atoms with E-state index in [0.29, 0.717) is 58.9 Å². The van der Waals surface area contributed by atoms with E-state index in [1.807, 2.05) is 34.1 Å². The predicted octanol–water partition coefficient (Wildman–Crippen LogP) is 0.702. The topological polar surface area (TPSA) is 137 Å². The summed E-state index contributed by atoms with van der Waals surface area (Å²) in [6.07, 6.45) is 1.09. The second kappa shape index (κ2) is 16.4. The van der Waals surface area contributed by atoms with E-state index in [9.17, 15) is 29.7 Å². The molecule has 0 spiro atoms. The molecule has 202 valence electrons. The summed E-state index contributed by atoms with van der Waals surface area (Å²) in [5.74, 6) is -1.78. The van der Waals surface area contributed by atoms with Crippen molar-refractivity contribution in [3.05, 3.63) is 29.8 Å². The summed E-state index contributed by atoms with van der Waals surface area (Å²) in [5, 5.41) is 28.0. The highest BCUT2D eigenvalue weighted by atomic mass is 32.1. The Kier molecular flexibility index (Phi) is 13.6. The average Bonchev–Trinajstić information content (AvgIpc) is 2.81. The second-order valence-electron chi connectivity index (χ2n) is 8.92. The van der Waals surface area contributed by atoms with Crippen LogP contribution in [-0.2, 0) is 32.5 Å². The molecule has 0 unspecified atom stereocenters. The first-order chi connectivity index (χ1) is 17.2. The SMILES string of the molecule is CCC[SH]=Nc1ccc(CN2CCN(CC(=O)O)CCN(CC(=O)O)CCN(CC(=O)O)CC2)cc1. The van der Waals surface area contributed by atoms with Crippen LogP contribution < -0.4 is 0 Å². The Morgan fingerprint density at radius 2 is 1.11 bits per heavy atom. The van der Waals surface area contributed by atoms with Gasteiger partial charge in [-0.05, 0) is 24.1 Å². The summed E-state index contributed by atoms with van der Waals surface area (Å²) in [5.41, 5.74) is 2.05. The number of thiol groups is 1. The number of nitrogens with zero attached hydrogens (tertiary/aromatic N) is 5. The quantitative estimate of drug-likeness (QED) is 0.306. The van der Waals surface area contributed by atoms with Crippen molar-refractivity contribution in [3.8, 4) is 0 Å². The summed E-state index contributed by atoms with van der Waals surface area (Å²) in [4.78, 5) is 41.7. The lowest BCUT2D eigenvalue weighted by Crippen LogP contribution is -2.48. The van der Waals surface area contributed by atoms with Crippen LogP contribution in [0.4, 0.5) is 5.69 Å². The molecule has 0 atom stereocenters. The van der Waals surface area contributed by atoms with Crippen molar-refractivity contribution in [2.24, 2.45) is 4.36 Å². The van der Waals surface area contributed by atoms with Crippen LogP contribution in [0.2, 0.25) is 0 Å². The van der Waals surface area contributed by atoms with Crippen LogP contribution in [0.15, 0.2) is 28.6 Å². The van der Waals surface area contributed by atoms with Gasteiger partial charge in [0.25, 0.3) is 0 Å². The van der Waals surface area contributed by atoms with Crippen LogP contribution >= 0.6 is 0 Å². The van der Waals surface area contributed by atoms with Gasteiger partial charge in [-0.2, -0.15) is 0 Å². The number of hydrogen-bond acceptors (Lipinski definition) is 8. The highest BCUT2D eigenvalue weighted by Crippen LogP contribution is 2.15. The number of carboxylic acids is 3. The van der Waals surface area contributed by atoms with E-state index in [4.69, 9.17) is 0 Å². The van der Waals surface area contributed by atoms with Crippen molar-refractivity contribution >= 4 is 35.2 Å². The molecule has 1 aliphatic rings. The van der Waals surface area contributed by atoms with Gasteiger partial charge in [0, 0.05) is 64.7 Å². The Labute approximate surface area is 216 Å². The largest absolute Gasteiger partial charge is 0.480 e. The van der Waals surface area contributed by atoms with E-state index in [0.717, 1.165) is 35.0 Å². The van der Waals surface area contributed by atoms with Gasteiger partial charge in [-0.15, -0.1) is 11.6 Å². The molecule has 1 aromatic carbocycles. The van der Waals surface area contributed by atoms with Gasteiger partial charge in [0.2, 0.25) is 0 Å². The number of carboxylic acid groups (broad SMARTS) is 3. The molecule has 1 heterocycles. The zero-order chi connectivity index (χ0) is 26.3. The lowest BCUT2D eigenvalue weighted by atomic mass is 10.2. The minimum Gasteiger partial charge on any atom is -0.480 e. The fourth-order valence-corrected chi connectivity index (χ4v) is 4.54. The van der Waals surface area contributed by atoms with Gasteiger partial charge in [0.1, 0.15) is 0 Å². The van der Waals surface area contributed by atoms with Gasteiger partial charge in [0.05, 0.1) is 25.3 Å². The zero-order valence-electron chi connectivity index (χ0n) is 21.0. The second-order valence-corrected chi connectivity index (χ2v) is 9.85. The van der Waals surface area contributed by atoms with Crippen LogP contribution in [0.25, 0.3) is 0 Å². The fourth-order valence-electron chi connectivity index (χ4n) is 3.94. The Morgan fingerprint density at radius 3 is 1.47 bits per heavy atom. The lowest BCUT2D eigenvalue weighted by molar-refractivity contribution is -0.140. The van der Waals surface area contributed by atoms with Crippen molar-refractivity contribution in [3.63, 3.8) is 0 Å². The van der Waals surface area contributed by atoms with E-state index < -0.39 is 17.9 Å². The summed E-state index contributed by atoms with van der Waals surface area (Å²) in [7, 11) is 0. The molecule has 3 N–H and O–H groups in total. The van der Waals surface area contributed by atoms with Crippen molar-refractivity contribution in [1.29, 1.82) is 0 Å². The molecule has 0 aromatic heterocycles. The van der Waals surface area contributed by atoms with Crippen molar-refractivity contribution in [2.75, 3.05) is 77.7 Å². The summed E-state index contributed by atoms with van der Waals surface area (Å²) < 4.78 is 4.55. The molecule has 11 nitrogen and oxygen atoms in total. The van der Waals surface area contributed by atoms with Crippen LogP contribution in [0.1, 0.15) is 18.9 Å². The minimum atomic E-state index is -0.966. The first-order valence-electron chi connectivity index (χ1n) is 12.3. The van der Waals surface area contributed by atoms with Gasteiger partial charge in [-0.1, -0.05) is 19.1 Å². The number of rotatable bonds is 11. The van der Waals surface area contributed by atoms with Crippen LogP contribution in [-0.4, -0.2) is 131 Å². The molecule has 36 heavy (non-hydrogen) atoms. The predicted molar refractivity (Wildman–Crippen MR) is 140 cm³/mol. The maximum Gasteiger partial charge on any atom is 0.317 e. The summed E-state index contributed by atoms with van der Waals surface area (Å²) >= 11 is 1.06. The molecule has 12 heteroatoms. The standard InChI is InChI=1S/C24H39N5O6S/c1-2-15-36-25-21-5-3-20(4-6-21)16-26-7-9-27(17-22(30)31)11-13-29(19-24(34)35)14-12-28(10-8-26)18-23(32)33/h3-6,36H,2,7-19H2,1H3,(H,30,31)(H,32,33)(H,34,35). The molecule has 2 rings (SSSR count). The first-order valence-corrected chi connectivity index (χ1v) is 13.3. The van der Waals surface area contributed by atoms with Gasteiger partial charge in [0.15, 0.2) is 0 Å². The normalized spacial score (nSPS) is 18.2. The molecule has 0 bridgehead atoms. The van der Waals surface area contributed by atoms with Gasteiger partial charge in [-0.25, -0.2) is 4.36 Å². The van der Waals surface area contributed by atoms with Crippen LogP contribution in [0.5, 0.6) is 0 Å². The average molecular weight is 526 g/mol. The maximum absolute atomic E-state index is 11.4. The Morgan fingerprint density at radius 1 is 0.722 bits per heavy atom. The molecule has 0 amide bonds. The molecule has 0 aliphatic carbocycles. The first kappa shape index (κ1) is 29.8. The molecule has 1 fully saturated rings. The Balaban J connectivity index is 2.14. The summed E-state index contributed by atoms with van der Waals surface area (Å²) in [6, 6.07) is 8.09. The monoisotopic (exact) mass is 525 g/mol. The molecule has 0 radical (unpaired) electrons. The molecular weight excluding hydrogens is 486 g/mol. The van der Waals surface area contributed by atoms with E-state index >= 15 is 0 Å². The van der Waals surface area contributed by atoms with E-state index in [-0.39, 0.29) is 19.6 Å². The molecule has 0 saturated carbocycles. The Hall–Kier alpha value is -2.38. The number of carbonyl (C=O) groups is 3. The maximum atomic E-state index is 11.4. The molecule has 1 saturated heterocycles. The number of aliphatic carboxylic acids is 3. The van der Waals surface area contributed by atoms with Crippen LogP contribution in [0.3, 0.4) is 0 Å². The smallest absolute Gasteiger partial charge is 0.317 e. The molecular formula is C24H39N5O6S. The zero-order valence-corrected chi connectivity index (χ0v) is 21.9. The highest BCUT2D eigenvalue weighted by Gasteiger charge is 2.20. The van der Waals surface area contributed by atoms with Gasteiger partial charge >= 0.3 is 17.9 Å². The van der Waals surface area contributed by atoms with Gasteiger partial charge < -0.3 is 15.3 Å². The third-order valence-electron chi connectivity index (χ3n) is 5.86. The number of hydrogen-bond donors (Lipinski definition) is 4. The fraction of sp³-hybridized carbons (Fsp3) is 0.625. The number of benzene rings is 1. The summed E-state index contributed by atoms with van der Waals surface area (Å²) in [6.45, 7) is 6.22. The van der Waals surface area contributed by atoms with Crippen molar-refractivity contribution in [2.45, 2.75) is 19.9 Å². The van der Waals surface area contributed by atoms with E-state index in [2.05, 4.69) is 16.2 Å². The molecule has 1 aromatic rings.